The first-order valence-corrected chi connectivity index (χ1v) is 7.84. The van der Waals surface area contributed by atoms with E-state index in [4.69, 9.17) is 0 Å². The highest BCUT2D eigenvalue weighted by atomic mass is 32.2. The maximum absolute atomic E-state index is 4.24. The molecule has 2 aromatic heterocycles. The molecule has 0 spiro atoms. The van der Waals surface area contributed by atoms with Crippen LogP contribution in [0.15, 0.2) is 58.7 Å². The molecule has 0 fully saturated rings. The van der Waals surface area contributed by atoms with Gasteiger partial charge in [-0.2, -0.15) is 0 Å². The summed E-state index contributed by atoms with van der Waals surface area (Å²) < 4.78 is 2.00. The highest BCUT2D eigenvalue weighted by molar-refractivity contribution is 7.99. The monoisotopic (exact) mass is 298 g/mol. The molecule has 0 radical (unpaired) electrons. The van der Waals surface area contributed by atoms with E-state index in [9.17, 15) is 0 Å². The van der Waals surface area contributed by atoms with Crippen molar-refractivity contribution in [1.29, 1.82) is 0 Å². The van der Waals surface area contributed by atoms with Crippen molar-refractivity contribution in [1.82, 2.24) is 19.9 Å². The summed E-state index contributed by atoms with van der Waals surface area (Å²) in [5.74, 6) is 0. The third kappa shape index (κ3) is 3.43. The molecule has 0 aliphatic carbocycles. The first-order valence-electron chi connectivity index (χ1n) is 7.02. The fourth-order valence-electron chi connectivity index (χ4n) is 1.99. The van der Waals surface area contributed by atoms with Crippen LogP contribution in [0.5, 0.6) is 0 Å². The van der Waals surface area contributed by atoms with Crippen LogP contribution in [-0.2, 0) is 6.54 Å². The molecule has 0 aliphatic heterocycles. The molecule has 0 bridgehead atoms. The van der Waals surface area contributed by atoms with Crippen molar-refractivity contribution in [2.24, 2.45) is 0 Å². The van der Waals surface area contributed by atoms with Gasteiger partial charge in [0.1, 0.15) is 0 Å². The van der Waals surface area contributed by atoms with Crippen molar-refractivity contribution in [3.8, 4) is 0 Å². The minimum Gasteiger partial charge on any atom is -0.310 e. The number of rotatable bonds is 5. The lowest BCUT2D eigenvalue weighted by Crippen LogP contribution is -2.21. The molecule has 1 aromatic carbocycles. The van der Waals surface area contributed by atoms with Gasteiger partial charge in [-0.3, -0.25) is 4.40 Å². The van der Waals surface area contributed by atoms with Crippen LogP contribution in [0.1, 0.15) is 19.4 Å². The summed E-state index contributed by atoms with van der Waals surface area (Å²) >= 11 is 1.63. The van der Waals surface area contributed by atoms with E-state index in [2.05, 4.69) is 53.6 Å². The van der Waals surface area contributed by atoms with Gasteiger partial charge in [-0.05, 0) is 41.6 Å². The second-order valence-corrected chi connectivity index (χ2v) is 6.23. The predicted octanol–water partition coefficient (Wildman–Crippen LogP) is 3.38. The second kappa shape index (κ2) is 6.28. The standard InChI is InChI=1S/C16H18N4S/c1-12(2)17-11-13-6-8-14(9-7-13)21-16-19-18-15-5-3-4-10-20(15)16/h3-10,12,17H,11H2,1-2H3. The Balaban J connectivity index is 1.73. The van der Waals surface area contributed by atoms with E-state index < -0.39 is 0 Å². The summed E-state index contributed by atoms with van der Waals surface area (Å²) in [5, 5.41) is 12.7. The molecule has 1 N–H and O–H groups in total. The Morgan fingerprint density at radius 1 is 1.10 bits per heavy atom. The smallest absolute Gasteiger partial charge is 0.200 e. The summed E-state index contributed by atoms with van der Waals surface area (Å²) in [6.07, 6.45) is 1.98. The highest BCUT2D eigenvalue weighted by Gasteiger charge is 2.06. The Morgan fingerprint density at radius 3 is 2.67 bits per heavy atom. The normalized spacial score (nSPS) is 11.4. The summed E-state index contributed by atoms with van der Waals surface area (Å²) in [6, 6.07) is 15.0. The molecule has 2 heterocycles. The van der Waals surface area contributed by atoms with Crippen LogP contribution < -0.4 is 5.32 Å². The summed E-state index contributed by atoms with van der Waals surface area (Å²) in [7, 11) is 0. The second-order valence-electron chi connectivity index (χ2n) is 5.19. The highest BCUT2D eigenvalue weighted by Crippen LogP contribution is 2.26. The maximum atomic E-state index is 4.24. The maximum Gasteiger partial charge on any atom is 0.200 e. The molecule has 0 amide bonds. The lowest BCUT2D eigenvalue weighted by molar-refractivity contribution is 0.588. The molecule has 5 heteroatoms. The molecule has 4 nitrogen and oxygen atoms in total. The van der Waals surface area contributed by atoms with Gasteiger partial charge in [-0.15, -0.1) is 10.2 Å². The zero-order chi connectivity index (χ0) is 14.7. The summed E-state index contributed by atoms with van der Waals surface area (Å²) in [6.45, 7) is 5.21. The van der Waals surface area contributed by atoms with E-state index in [1.807, 2.05) is 28.8 Å². The van der Waals surface area contributed by atoms with Crippen LogP contribution in [0, 0.1) is 0 Å². The largest absolute Gasteiger partial charge is 0.310 e. The summed E-state index contributed by atoms with van der Waals surface area (Å²) in [5.41, 5.74) is 2.16. The van der Waals surface area contributed by atoms with Gasteiger partial charge >= 0.3 is 0 Å². The minimum absolute atomic E-state index is 0.501. The Labute approximate surface area is 128 Å². The van der Waals surface area contributed by atoms with Crippen LogP contribution in [0.3, 0.4) is 0 Å². The SMILES string of the molecule is CC(C)NCc1ccc(Sc2nnc3ccccn23)cc1. The van der Waals surface area contributed by atoms with E-state index >= 15 is 0 Å². The van der Waals surface area contributed by atoms with Crippen molar-refractivity contribution in [2.75, 3.05) is 0 Å². The van der Waals surface area contributed by atoms with Crippen LogP contribution in [0.25, 0.3) is 5.65 Å². The summed E-state index contributed by atoms with van der Waals surface area (Å²) in [4.78, 5) is 1.17. The molecule has 21 heavy (non-hydrogen) atoms. The van der Waals surface area contributed by atoms with Crippen molar-refractivity contribution in [3.05, 3.63) is 54.2 Å². The lowest BCUT2D eigenvalue weighted by atomic mass is 10.2. The average Bonchev–Trinajstić information content (AvgIpc) is 2.90. The Hall–Kier alpha value is -1.85. The topological polar surface area (TPSA) is 42.2 Å². The fraction of sp³-hybridized carbons (Fsp3) is 0.250. The van der Waals surface area contributed by atoms with Crippen LogP contribution in [-0.4, -0.2) is 20.6 Å². The molecule has 108 valence electrons. The van der Waals surface area contributed by atoms with E-state index in [1.54, 1.807) is 11.8 Å². The number of nitrogens with zero attached hydrogens (tertiary/aromatic N) is 3. The van der Waals surface area contributed by atoms with E-state index in [-0.39, 0.29) is 0 Å². The van der Waals surface area contributed by atoms with Crippen molar-refractivity contribution in [3.63, 3.8) is 0 Å². The van der Waals surface area contributed by atoms with Gasteiger partial charge in [0.25, 0.3) is 0 Å². The number of hydrogen-bond donors (Lipinski definition) is 1. The lowest BCUT2D eigenvalue weighted by Gasteiger charge is -2.08. The molecular weight excluding hydrogens is 280 g/mol. The first-order chi connectivity index (χ1) is 10.2. The number of nitrogens with one attached hydrogen (secondary N) is 1. The van der Waals surface area contributed by atoms with Crippen molar-refractivity contribution in [2.45, 2.75) is 36.5 Å². The van der Waals surface area contributed by atoms with Crippen LogP contribution in [0.4, 0.5) is 0 Å². The minimum atomic E-state index is 0.501. The van der Waals surface area contributed by atoms with E-state index in [0.29, 0.717) is 6.04 Å². The Bertz CT molecular complexity index is 718. The van der Waals surface area contributed by atoms with Crippen molar-refractivity contribution < 1.29 is 0 Å². The zero-order valence-electron chi connectivity index (χ0n) is 12.2. The number of fused-ring (bicyclic) bond motifs is 1. The van der Waals surface area contributed by atoms with E-state index in [0.717, 1.165) is 17.3 Å². The number of pyridine rings is 1. The fourth-order valence-corrected chi connectivity index (χ4v) is 2.81. The predicted molar refractivity (Wildman–Crippen MR) is 85.5 cm³/mol. The van der Waals surface area contributed by atoms with Gasteiger partial charge in [-0.25, -0.2) is 0 Å². The number of aromatic nitrogens is 3. The molecule has 0 atom stereocenters. The molecule has 0 saturated heterocycles. The van der Waals surface area contributed by atoms with Gasteiger partial charge in [0.15, 0.2) is 10.8 Å². The van der Waals surface area contributed by atoms with Gasteiger partial charge in [0.05, 0.1) is 0 Å². The zero-order valence-corrected chi connectivity index (χ0v) is 13.0. The quantitative estimate of drug-likeness (QED) is 0.784. The first kappa shape index (κ1) is 14.1. The Morgan fingerprint density at radius 2 is 1.90 bits per heavy atom. The third-order valence-corrected chi connectivity index (χ3v) is 4.10. The molecule has 0 saturated carbocycles. The van der Waals surface area contributed by atoms with E-state index in [1.165, 1.54) is 10.5 Å². The molecule has 0 aliphatic rings. The average molecular weight is 298 g/mol. The third-order valence-electron chi connectivity index (χ3n) is 3.13. The molecular formula is C16H18N4S. The van der Waals surface area contributed by atoms with Crippen molar-refractivity contribution >= 4 is 17.4 Å². The van der Waals surface area contributed by atoms with Crippen LogP contribution >= 0.6 is 11.8 Å². The van der Waals surface area contributed by atoms with Gasteiger partial charge in [-0.1, -0.05) is 32.0 Å². The molecule has 0 unspecified atom stereocenters. The Kier molecular flexibility index (Phi) is 4.22. The molecule has 3 rings (SSSR count). The van der Waals surface area contributed by atoms with Gasteiger partial charge in [0.2, 0.25) is 0 Å². The van der Waals surface area contributed by atoms with Crippen LogP contribution in [0.2, 0.25) is 0 Å². The van der Waals surface area contributed by atoms with Gasteiger partial charge in [0, 0.05) is 23.7 Å². The number of hydrogen-bond acceptors (Lipinski definition) is 4. The number of benzene rings is 1. The molecule has 3 aromatic rings. The van der Waals surface area contributed by atoms with Gasteiger partial charge < -0.3 is 5.32 Å².